The molecule has 0 bridgehead atoms. The van der Waals surface area contributed by atoms with Gasteiger partial charge in [-0.1, -0.05) is 30.3 Å². The molecule has 0 spiro atoms. The lowest BCUT2D eigenvalue weighted by atomic mass is 10.1. The summed E-state index contributed by atoms with van der Waals surface area (Å²) in [5, 5.41) is 12.6. The predicted octanol–water partition coefficient (Wildman–Crippen LogP) is 1.99. The number of benzene rings is 1. The third kappa shape index (κ3) is 5.19. The summed E-state index contributed by atoms with van der Waals surface area (Å²) in [6, 6.07) is 9.61. The number of carbonyl (C=O) groups excluding carboxylic acids is 1. The highest BCUT2D eigenvalue weighted by molar-refractivity contribution is 5.74. The van der Waals surface area contributed by atoms with Crippen LogP contribution in [0.15, 0.2) is 30.3 Å². The number of amides is 2. The lowest BCUT2D eigenvalue weighted by Gasteiger charge is -2.29. The van der Waals surface area contributed by atoms with Gasteiger partial charge in [0, 0.05) is 13.1 Å². The lowest BCUT2D eigenvalue weighted by molar-refractivity contribution is 0.0448. The van der Waals surface area contributed by atoms with Gasteiger partial charge in [-0.2, -0.15) is 0 Å². The molecule has 18 heavy (non-hydrogen) atoms. The second kappa shape index (κ2) is 6.40. The van der Waals surface area contributed by atoms with Crippen LogP contribution in [0.3, 0.4) is 0 Å². The summed E-state index contributed by atoms with van der Waals surface area (Å²) in [7, 11) is 0. The van der Waals surface area contributed by atoms with E-state index in [4.69, 9.17) is 0 Å². The van der Waals surface area contributed by atoms with Gasteiger partial charge >= 0.3 is 6.03 Å². The summed E-state index contributed by atoms with van der Waals surface area (Å²) >= 11 is 0. The highest BCUT2D eigenvalue weighted by atomic mass is 16.3. The first kappa shape index (κ1) is 14.5. The Morgan fingerprint density at radius 2 is 1.94 bits per heavy atom. The van der Waals surface area contributed by atoms with Crippen LogP contribution >= 0.6 is 0 Å². The van der Waals surface area contributed by atoms with Gasteiger partial charge in [-0.3, -0.25) is 0 Å². The van der Waals surface area contributed by atoms with Crippen molar-refractivity contribution in [3.05, 3.63) is 35.9 Å². The van der Waals surface area contributed by atoms with Crippen molar-refractivity contribution < 1.29 is 9.90 Å². The molecule has 0 heterocycles. The van der Waals surface area contributed by atoms with Gasteiger partial charge in [0.2, 0.25) is 0 Å². The molecule has 1 aromatic carbocycles. The summed E-state index contributed by atoms with van der Waals surface area (Å²) in [5.74, 6) is 0. The van der Waals surface area contributed by atoms with Crippen LogP contribution in [0.5, 0.6) is 0 Å². The van der Waals surface area contributed by atoms with Crippen LogP contribution in [0, 0.1) is 0 Å². The zero-order chi connectivity index (χ0) is 13.6. The van der Waals surface area contributed by atoms with Crippen LogP contribution in [0.4, 0.5) is 4.79 Å². The molecule has 0 aliphatic carbocycles. The Kier molecular flexibility index (Phi) is 5.16. The van der Waals surface area contributed by atoms with E-state index in [9.17, 15) is 9.90 Å². The largest absolute Gasteiger partial charge is 0.389 e. The number of hydrogen-bond donors (Lipinski definition) is 2. The van der Waals surface area contributed by atoms with E-state index in [1.807, 2.05) is 37.3 Å². The number of urea groups is 1. The summed E-state index contributed by atoms with van der Waals surface area (Å²) in [5.41, 5.74) is 0.146. The third-order valence-corrected chi connectivity index (χ3v) is 2.41. The molecule has 0 saturated carbocycles. The number of rotatable bonds is 5. The van der Waals surface area contributed by atoms with Gasteiger partial charge in [0.1, 0.15) is 0 Å². The van der Waals surface area contributed by atoms with E-state index in [0.717, 1.165) is 5.56 Å². The van der Waals surface area contributed by atoms with Crippen LogP contribution in [-0.4, -0.2) is 34.7 Å². The minimum atomic E-state index is -0.903. The maximum atomic E-state index is 11.9. The van der Waals surface area contributed by atoms with E-state index in [1.54, 1.807) is 18.7 Å². The van der Waals surface area contributed by atoms with E-state index in [1.165, 1.54) is 0 Å². The average molecular weight is 250 g/mol. The summed E-state index contributed by atoms with van der Waals surface area (Å²) in [6.07, 6.45) is 0. The Morgan fingerprint density at radius 1 is 1.33 bits per heavy atom. The van der Waals surface area contributed by atoms with Crippen molar-refractivity contribution in [2.75, 3.05) is 13.1 Å². The van der Waals surface area contributed by atoms with E-state index in [-0.39, 0.29) is 6.03 Å². The molecule has 4 nitrogen and oxygen atoms in total. The molecule has 4 heteroatoms. The van der Waals surface area contributed by atoms with Crippen molar-refractivity contribution in [1.29, 1.82) is 0 Å². The molecule has 100 valence electrons. The molecular weight excluding hydrogens is 228 g/mol. The molecule has 0 radical (unpaired) electrons. The Labute approximate surface area is 109 Å². The fourth-order valence-corrected chi connectivity index (χ4v) is 1.73. The first-order valence-corrected chi connectivity index (χ1v) is 6.21. The number of hydrogen-bond acceptors (Lipinski definition) is 2. The fourth-order valence-electron chi connectivity index (χ4n) is 1.73. The zero-order valence-electron chi connectivity index (χ0n) is 11.3. The van der Waals surface area contributed by atoms with Crippen molar-refractivity contribution in [2.45, 2.75) is 32.9 Å². The molecule has 1 aromatic rings. The average Bonchev–Trinajstić information content (AvgIpc) is 2.28. The van der Waals surface area contributed by atoms with E-state index >= 15 is 0 Å². The Bertz CT molecular complexity index is 371. The van der Waals surface area contributed by atoms with Gasteiger partial charge < -0.3 is 15.3 Å². The van der Waals surface area contributed by atoms with Crippen LogP contribution in [0.2, 0.25) is 0 Å². The Hall–Kier alpha value is -1.55. The topological polar surface area (TPSA) is 52.6 Å². The standard InChI is InChI=1S/C14H22N2O2/c1-4-15-13(17)16(11-14(2,3)18)10-12-8-6-5-7-9-12/h5-9,18H,4,10-11H2,1-3H3,(H,15,17). The van der Waals surface area contributed by atoms with Gasteiger partial charge in [-0.25, -0.2) is 4.79 Å². The van der Waals surface area contributed by atoms with Gasteiger partial charge in [0.15, 0.2) is 0 Å². The maximum absolute atomic E-state index is 11.9. The summed E-state index contributed by atoms with van der Waals surface area (Å²) in [6.45, 7) is 6.65. The monoisotopic (exact) mass is 250 g/mol. The fraction of sp³-hybridized carbons (Fsp3) is 0.500. The molecule has 0 fully saturated rings. The van der Waals surface area contributed by atoms with Gasteiger partial charge in [-0.15, -0.1) is 0 Å². The van der Waals surface area contributed by atoms with Crippen molar-refractivity contribution in [3.8, 4) is 0 Å². The summed E-state index contributed by atoms with van der Waals surface area (Å²) < 4.78 is 0. The second-order valence-electron chi connectivity index (χ2n) is 4.99. The van der Waals surface area contributed by atoms with Crippen molar-refractivity contribution in [2.24, 2.45) is 0 Å². The molecule has 2 N–H and O–H groups in total. The third-order valence-electron chi connectivity index (χ3n) is 2.41. The van der Waals surface area contributed by atoms with Gasteiger partial charge in [-0.05, 0) is 26.3 Å². The molecular formula is C14H22N2O2. The smallest absolute Gasteiger partial charge is 0.317 e. The molecule has 0 atom stereocenters. The normalized spacial score (nSPS) is 11.1. The Balaban J connectivity index is 2.74. The lowest BCUT2D eigenvalue weighted by Crippen LogP contribution is -2.46. The van der Waals surface area contributed by atoms with Crippen molar-refractivity contribution >= 4 is 6.03 Å². The molecule has 0 aliphatic heterocycles. The van der Waals surface area contributed by atoms with E-state index in [0.29, 0.717) is 19.6 Å². The van der Waals surface area contributed by atoms with Gasteiger partial charge in [0.05, 0.1) is 12.1 Å². The van der Waals surface area contributed by atoms with Crippen LogP contribution < -0.4 is 5.32 Å². The minimum Gasteiger partial charge on any atom is -0.389 e. The zero-order valence-corrected chi connectivity index (χ0v) is 11.3. The quantitative estimate of drug-likeness (QED) is 0.839. The first-order chi connectivity index (χ1) is 8.42. The number of nitrogens with one attached hydrogen (secondary N) is 1. The maximum Gasteiger partial charge on any atom is 0.317 e. The molecule has 0 unspecified atom stereocenters. The van der Waals surface area contributed by atoms with Crippen molar-refractivity contribution in [1.82, 2.24) is 10.2 Å². The second-order valence-corrected chi connectivity index (χ2v) is 4.99. The number of aliphatic hydroxyl groups is 1. The molecule has 1 rings (SSSR count). The van der Waals surface area contributed by atoms with E-state index in [2.05, 4.69) is 5.32 Å². The molecule has 2 amide bonds. The molecule has 0 aliphatic rings. The highest BCUT2D eigenvalue weighted by Crippen LogP contribution is 2.10. The highest BCUT2D eigenvalue weighted by Gasteiger charge is 2.22. The minimum absolute atomic E-state index is 0.150. The summed E-state index contributed by atoms with van der Waals surface area (Å²) in [4.78, 5) is 13.6. The Morgan fingerprint density at radius 3 is 2.44 bits per heavy atom. The van der Waals surface area contributed by atoms with Crippen LogP contribution in [0.1, 0.15) is 26.3 Å². The first-order valence-electron chi connectivity index (χ1n) is 6.21. The molecule has 0 aromatic heterocycles. The number of nitrogens with zero attached hydrogens (tertiary/aromatic N) is 1. The van der Waals surface area contributed by atoms with Crippen molar-refractivity contribution in [3.63, 3.8) is 0 Å². The van der Waals surface area contributed by atoms with Gasteiger partial charge in [0.25, 0.3) is 0 Å². The molecule has 0 saturated heterocycles. The van der Waals surface area contributed by atoms with E-state index < -0.39 is 5.60 Å². The van der Waals surface area contributed by atoms with Crippen LogP contribution in [-0.2, 0) is 6.54 Å². The number of carbonyl (C=O) groups is 1. The SMILES string of the molecule is CCNC(=O)N(Cc1ccccc1)CC(C)(C)O. The van der Waals surface area contributed by atoms with Crippen LogP contribution in [0.25, 0.3) is 0 Å². The predicted molar refractivity (Wildman–Crippen MR) is 72.2 cm³/mol.